The first-order valence-electron chi connectivity index (χ1n) is 8.26. The van der Waals surface area contributed by atoms with Crippen molar-refractivity contribution in [1.82, 2.24) is 20.1 Å². The SMILES string of the molecule is Cc1n[nH]c2ccnc(Nc3ccc(C(=O)N4CCOCC4)cc3)c12. The fourth-order valence-corrected chi connectivity index (χ4v) is 3.00. The lowest BCUT2D eigenvalue weighted by atomic mass is 10.1. The number of H-pyrrole nitrogens is 1. The van der Waals surface area contributed by atoms with Crippen LogP contribution in [-0.2, 0) is 4.74 Å². The highest BCUT2D eigenvalue weighted by atomic mass is 16.5. The van der Waals surface area contributed by atoms with Crippen LogP contribution in [0.5, 0.6) is 0 Å². The Kier molecular flexibility index (Phi) is 4.07. The quantitative estimate of drug-likeness (QED) is 0.767. The molecule has 1 fully saturated rings. The number of morpholine rings is 1. The van der Waals surface area contributed by atoms with Crippen LogP contribution < -0.4 is 5.32 Å². The minimum absolute atomic E-state index is 0.0424. The number of nitrogens with one attached hydrogen (secondary N) is 2. The summed E-state index contributed by atoms with van der Waals surface area (Å²) in [6.07, 6.45) is 1.73. The molecule has 2 aromatic heterocycles. The molecule has 3 aromatic rings. The van der Waals surface area contributed by atoms with Crippen molar-refractivity contribution in [2.24, 2.45) is 0 Å². The van der Waals surface area contributed by atoms with Gasteiger partial charge in [-0.05, 0) is 37.3 Å². The lowest BCUT2D eigenvalue weighted by molar-refractivity contribution is 0.0303. The van der Waals surface area contributed by atoms with E-state index in [0.717, 1.165) is 28.1 Å². The summed E-state index contributed by atoms with van der Waals surface area (Å²) >= 11 is 0. The highest BCUT2D eigenvalue weighted by Gasteiger charge is 2.18. The highest BCUT2D eigenvalue weighted by molar-refractivity contribution is 5.95. The van der Waals surface area contributed by atoms with Gasteiger partial charge in [0.1, 0.15) is 5.82 Å². The molecule has 0 saturated carbocycles. The Morgan fingerprint density at radius 2 is 1.96 bits per heavy atom. The Labute approximate surface area is 145 Å². The number of carbonyl (C=O) groups excluding carboxylic acids is 1. The molecule has 0 bridgehead atoms. The van der Waals surface area contributed by atoms with Crippen LogP contribution in [-0.4, -0.2) is 52.3 Å². The fraction of sp³-hybridized carbons (Fsp3) is 0.278. The van der Waals surface area contributed by atoms with Gasteiger partial charge in [-0.15, -0.1) is 0 Å². The zero-order valence-electron chi connectivity index (χ0n) is 14.0. The monoisotopic (exact) mass is 337 g/mol. The molecule has 1 aromatic carbocycles. The molecule has 0 radical (unpaired) electrons. The van der Waals surface area contributed by atoms with Crippen LogP contribution in [0.3, 0.4) is 0 Å². The number of fused-ring (bicyclic) bond motifs is 1. The number of aryl methyl sites for hydroxylation is 1. The second kappa shape index (κ2) is 6.52. The predicted molar refractivity (Wildman–Crippen MR) is 95.1 cm³/mol. The lowest BCUT2D eigenvalue weighted by Crippen LogP contribution is -2.40. The van der Waals surface area contributed by atoms with Crippen molar-refractivity contribution < 1.29 is 9.53 Å². The third-order valence-electron chi connectivity index (χ3n) is 4.35. The number of amides is 1. The second-order valence-corrected chi connectivity index (χ2v) is 6.00. The van der Waals surface area contributed by atoms with Crippen molar-refractivity contribution in [2.45, 2.75) is 6.92 Å². The Morgan fingerprint density at radius 3 is 2.72 bits per heavy atom. The number of benzene rings is 1. The van der Waals surface area contributed by atoms with Gasteiger partial charge in [0, 0.05) is 30.5 Å². The van der Waals surface area contributed by atoms with Crippen LogP contribution >= 0.6 is 0 Å². The van der Waals surface area contributed by atoms with Gasteiger partial charge in [0.15, 0.2) is 0 Å². The molecule has 0 aliphatic carbocycles. The summed E-state index contributed by atoms with van der Waals surface area (Å²) in [5, 5.41) is 11.5. The van der Waals surface area contributed by atoms with Crippen LogP contribution in [0.15, 0.2) is 36.5 Å². The highest BCUT2D eigenvalue weighted by Crippen LogP contribution is 2.25. The summed E-state index contributed by atoms with van der Waals surface area (Å²) in [6, 6.07) is 9.35. The number of pyridine rings is 1. The largest absolute Gasteiger partial charge is 0.378 e. The third-order valence-corrected chi connectivity index (χ3v) is 4.35. The topological polar surface area (TPSA) is 83.1 Å². The minimum Gasteiger partial charge on any atom is -0.378 e. The van der Waals surface area contributed by atoms with Gasteiger partial charge < -0.3 is 15.0 Å². The first-order chi connectivity index (χ1) is 12.2. The van der Waals surface area contributed by atoms with Gasteiger partial charge in [-0.3, -0.25) is 9.89 Å². The number of hydrogen-bond acceptors (Lipinski definition) is 5. The van der Waals surface area contributed by atoms with E-state index in [0.29, 0.717) is 31.9 Å². The Morgan fingerprint density at radius 1 is 1.20 bits per heavy atom. The van der Waals surface area contributed by atoms with E-state index in [4.69, 9.17) is 4.74 Å². The van der Waals surface area contributed by atoms with Gasteiger partial charge in [0.25, 0.3) is 5.91 Å². The Bertz CT molecular complexity index is 897. The van der Waals surface area contributed by atoms with Crippen LogP contribution in [0.4, 0.5) is 11.5 Å². The lowest BCUT2D eigenvalue weighted by Gasteiger charge is -2.26. The van der Waals surface area contributed by atoms with E-state index in [1.165, 1.54) is 0 Å². The summed E-state index contributed by atoms with van der Waals surface area (Å²) < 4.78 is 5.29. The Hall–Kier alpha value is -2.93. The van der Waals surface area contributed by atoms with E-state index in [9.17, 15) is 4.79 Å². The van der Waals surface area contributed by atoms with Gasteiger partial charge in [-0.2, -0.15) is 5.10 Å². The molecule has 7 heteroatoms. The van der Waals surface area contributed by atoms with Crippen molar-refractivity contribution in [1.29, 1.82) is 0 Å². The molecular formula is C18H19N5O2. The van der Waals surface area contributed by atoms with Crippen LogP contribution in [0, 0.1) is 6.92 Å². The number of anilines is 2. The van der Waals surface area contributed by atoms with E-state index in [2.05, 4.69) is 20.5 Å². The molecule has 1 aliphatic heterocycles. The summed E-state index contributed by atoms with van der Waals surface area (Å²) in [7, 11) is 0. The average molecular weight is 337 g/mol. The molecule has 128 valence electrons. The number of aromatic nitrogens is 3. The maximum atomic E-state index is 12.5. The smallest absolute Gasteiger partial charge is 0.254 e. The van der Waals surface area contributed by atoms with Crippen molar-refractivity contribution in [3.05, 3.63) is 47.8 Å². The predicted octanol–water partition coefficient (Wildman–Crippen LogP) is 2.48. The molecule has 0 spiro atoms. The molecule has 2 N–H and O–H groups in total. The van der Waals surface area contributed by atoms with E-state index in [-0.39, 0.29) is 5.91 Å². The van der Waals surface area contributed by atoms with Crippen molar-refractivity contribution in [3.8, 4) is 0 Å². The molecule has 7 nitrogen and oxygen atoms in total. The van der Waals surface area contributed by atoms with Gasteiger partial charge >= 0.3 is 0 Å². The third kappa shape index (κ3) is 3.06. The van der Waals surface area contributed by atoms with E-state index in [1.54, 1.807) is 6.20 Å². The van der Waals surface area contributed by atoms with Crippen LogP contribution in [0.1, 0.15) is 16.1 Å². The summed E-state index contributed by atoms with van der Waals surface area (Å²) in [5.41, 5.74) is 3.39. The second-order valence-electron chi connectivity index (χ2n) is 6.00. The molecule has 4 rings (SSSR count). The van der Waals surface area contributed by atoms with Crippen molar-refractivity contribution in [2.75, 3.05) is 31.6 Å². The zero-order valence-corrected chi connectivity index (χ0v) is 14.0. The van der Waals surface area contributed by atoms with E-state index >= 15 is 0 Å². The van der Waals surface area contributed by atoms with Gasteiger partial charge in [0.2, 0.25) is 0 Å². The van der Waals surface area contributed by atoms with E-state index in [1.807, 2.05) is 42.2 Å². The molecule has 0 atom stereocenters. The first kappa shape index (κ1) is 15.6. The van der Waals surface area contributed by atoms with Gasteiger partial charge in [0.05, 0.1) is 29.8 Å². The zero-order chi connectivity index (χ0) is 17.2. The molecule has 25 heavy (non-hydrogen) atoms. The number of rotatable bonds is 3. The average Bonchev–Trinajstić information content (AvgIpc) is 3.05. The summed E-state index contributed by atoms with van der Waals surface area (Å²) in [5.74, 6) is 0.789. The normalized spacial score (nSPS) is 14.7. The molecule has 3 heterocycles. The maximum Gasteiger partial charge on any atom is 0.254 e. The molecule has 0 unspecified atom stereocenters. The van der Waals surface area contributed by atoms with Gasteiger partial charge in [-0.25, -0.2) is 4.98 Å². The first-order valence-corrected chi connectivity index (χ1v) is 8.26. The number of hydrogen-bond donors (Lipinski definition) is 2. The Balaban J connectivity index is 1.54. The standard InChI is InChI=1S/C18H19N5O2/c1-12-16-15(22-21-12)6-7-19-17(16)20-14-4-2-13(3-5-14)18(24)23-8-10-25-11-9-23/h2-7H,8-11H2,1H3,(H,19,20)(H,21,22). The number of nitrogens with zero attached hydrogens (tertiary/aromatic N) is 3. The molecule has 1 saturated heterocycles. The van der Waals surface area contributed by atoms with E-state index < -0.39 is 0 Å². The number of aromatic amines is 1. The fourth-order valence-electron chi connectivity index (χ4n) is 3.00. The van der Waals surface area contributed by atoms with Crippen LogP contribution in [0.2, 0.25) is 0 Å². The summed E-state index contributed by atoms with van der Waals surface area (Å²) in [6.45, 7) is 4.43. The summed E-state index contributed by atoms with van der Waals surface area (Å²) in [4.78, 5) is 18.7. The molecule has 1 aliphatic rings. The van der Waals surface area contributed by atoms with Crippen LogP contribution in [0.25, 0.3) is 10.9 Å². The minimum atomic E-state index is 0.0424. The number of carbonyl (C=O) groups is 1. The van der Waals surface area contributed by atoms with Crippen molar-refractivity contribution in [3.63, 3.8) is 0 Å². The molecular weight excluding hydrogens is 318 g/mol. The number of ether oxygens (including phenoxy) is 1. The van der Waals surface area contributed by atoms with Gasteiger partial charge in [-0.1, -0.05) is 0 Å². The molecule has 1 amide bonds. The van der Waals surface area contributed by atoms with Crippen molar-refractivity contribution >= 4 is 28.3 Å². The maximum absolute atomic E-state index is 12.5.